The minimum atomic E-state index is 0.919. The van der Waals surface area contributed by atoms with Gasteiger partial charge in [-0.1, -0.05) is 188 Å². The molecule has 0 amide bonds. The zero-order valence-corrected chi connectivity index (χ0v) is 39.0. The number of allylic oxidation sites excluding steroid dienone is 4. The smallest absolute Gasteiger partial charge is 0.143 e. The van der Waals surface area contributed by atoms with Crippen molar-refractivity contribution in [1.29, 1.82) is 0 Å². The summed E-state index contributed by atoms with van der Waals surface area (Å²) >= 11 is 0. The number of benzene rings is 11. The summed E-state index contributed by atoms with van der Waals surface area (Å²) in [6, 6.07) is 88.5. The molecule has 14 rings (SSSR count). The molecule has 2 heterocycles. The van der Waals surface area contributed by atoms with Crippen LogP contribution in [-0.4, -0.2) is 4.57 Å². The van der Waals surface area contributed by atoms with Crippen LogP contribution in [0.25, 0.3) is 104 Å². The maximum Gasteiger partial charge on any atom is 0.143 e. The number of para-hydroxylation sites is 5. The summed E-state index contributed by atoms with van der Waals surface area (Å²) in [6.07, 6.45) is 6.54. The number of hydrogen-bond acceptors (Lipinski definition) is 2. The van der Waals surface area contributed by atoms with E-state index < -0.39 is 0 Å². The highest BCUT2D eigenvalue weighted by Crippen LogP contribution is 2.44. The molecule has 334 valence electrons. The molecule has 1 aliphatic carbocycles. The highest BCUT2D eigenvalue weighted by molar-refractivity contribution is 6.13. The number of nitrogens with zero attached hydrogens (tertiary/aromatic N) is 2. The van der Waals surface area contributed by atoms with E-state index in [9.17, 15) is 0 Å². The summed E-state index contributed by atoms with van der Waals surface area (Å²) in [5.74, 6) is 0. The van der Waals surface area contributed by atoms with Crippen LogP contribution in [-0.2, 0) is 0 Å². The van der Waals surface area contributed by atoms with Crippen molar-refractivity contribution in [2.24, 2.45) is 0 Å². The Labute approximate surface area is 412 Å². The van der Waals surface area contributed by atoms with Gasteiger partial charge < -0.3 is 13.9 Å². The van der Waals surface area contributed by atoms with Crippen molar-refractivity contribution in [2.75, 3.05) is 4.90 Å². The van der Waals surface area contributed by atoms with Crippen LogP contribution in [0.2, 0.25) is 0 Å². The van der Waals surface area contributed by atoms with E-state index in [1.54, 1.807) is 0 Å². The van der Waals surface area contributed by atoms with Gasteiger partial charge in [0.15, 0.2) is 0 Å². The lowest BCUT2D eigenvalue weighted by molar-refractivity contribution is 0.668. The molecule has 0 bridgehead atoms. The quantitative estimate of drug-likeness (QED) is 0.142. The molecule has 2 aromatic heterocycles. The second-order valence-corrected chi connectivity index (χ2v) is 18.7. The molecule has 0 aliphatic heterocycles. The normalized spacial score (nSPS) is 12.8. The second-order valence-electron chi connectivity index (χ2n) is 18.7. The van der Waals surface area contributed by atoms with Gasteiger partial charge in [0.25, 0.3) is 0 Å². The second kappa shape index (κ2) is 16.8. The fourth-order valence-corrected chi connectivity index (χ4v) is 11.3. The average Bonchev–Trinajstić information content (AvgIpc) is 4.00. The Balaban J connectivity index is 0.851. The van der Waals surface area contributed by atoms with Crippen molar-refractivity contribution in [2.45, 2.75) is 12.8 Å². The highest BCUT2D eigenvalue weighted by Gasteiger charge is 2.21. The Hall–Kier alpha value is -9.18. The Bertz CT molecular complexity index is 4230. The van der Waals surface area contributed by atoms with Crippen LogP contribution in [0.4, 0.5) is 17.1 Å². The molecule has 0 N–H and O–H groups in total. The van der Waals surface area contributed by atoms with E-state index in [1.165, 1.54) is 82.4 Å². The SMILES string of the molecule is C1=CC(c2cccc3c2oc2ccccc23)=C(c2ccc(N(c3ccc(-c4cccc(-c5ccccc5-n5c6ccccc6c6ccccc65)c4)cc3)c3ccc4c(ccc5ccccc54)c3)cc2)CC1. The first-order chi connectivity index (χ1) is 35.2. The molecule has 0 spiro atoms. The largest absolute Gasteiger partial charge is 0.455 e. The Morgan fingerprint density at radius 2 is 0.972 bits per heavy atom. The van der Waals surface area contributed by atoms with Gasteiger partial charge in [-0.15, -0.1) is 0 Å². The van der Waals surface area contributed by atoms with Gasteiger partial charge in [-0.05, 0) is 135 Å². The fourth-order valence-electron chi connectivity index (χ4n) is 11.3. The lowest BCUT2D eigenvalue weighted by Crippen LogP contribution is -2.10. The van der Waals surface area contributed by atoms with Crippen LogP contribution in [0, 0.1) is 0 Å². The minimum absolute atomic E-state index is 0.919. The number of furan rings is 1. The standard InChI is InChI=1S/C68H46N2O/c1-2-18-54-46(15-1)31-32-50-44-53(41-42-56(50)54)69(52-39-35-47(36-40-52)55-19-3-4-21-58(55)62-25-14-26-63-61-24-8-12-30-67(61)71-68(62)63)51-37-33-45(34-38-51)48-16-13-17-49(43-48)57-20-5-9-27-64(57)70-65-28-10-6-22-59(65)60-23-7-11-29-66(60)70/h1-2,4-18,20-44H,3,19H2. The van der Waals surface area contributed by atoms with E-state index in [0.717, 1.165) is 63.0 Å². The molecule has 3 nitrogen and oxygen atoms in total. The van der Waals surface area contributed by atoms with Gasteiger partial charge in [-0.3, -0.25) is 0 Å². The molecule has 0 radical (unpaired) electrons. The predicted molar refractivity (Wildman–Crippen MR) is 300 cm³/mol. The van der Waals surface area contributed by atoms with E-state index >= 15 is 0 Å². The Morgan fingerprint density at radius 1 is 0.380 bits per heavy atom. The monoisotopic (exact) mass is 906 g/mol. The summed E-state index contributed by atoms with van der Waals surface area (Å²) in [6.45, 7) is 0. The lowest BCUT2D eigenvalue weighted by atomic mass is 9.87. The molecule has 0 saturated carbocycles. The number of hydrogen-bond donors (Lipinski definition) is 0. The summed E-state index contributed by atoms with van der Waals surface area (Å²) in [5.41, 5.74) is 18.3. The van der Waals surface area contributed by atoms with Gasteiger partial charge in [0, 0.05) is 49.7 Å². The third-order valence-corrected chi connectivity index (χ3v) is 14.7. The molecule has 71 heavy (non-hydrogen) atoms. The number of anilines is 3. The molecule has 0 atom stereocenters. The van der Waals surface area contributed by atoms with Crippen LogP contribution < -0.4 is 4.90 Å². The first kappa shape index (κ1) is 40.8. The molecule has 3 heteroatoms. The van der Waals surface area contributed by atoms with Crippen LogP contribution in [0.15, 0.2) is 259 Å². The molecule has 0 saturated heterocycles. The lowest BCUT2D eigenvalue weighted by Gasteiger charge is -2.27. The maximum absolute atomic E-state index is 6.55. The van der Waals surface area contributed by atoms with Crippen molar-refractivity contribution >= 4 is 93.5 Å². The Kier molecular flexibility index (Phi) is 9.67. The Morgan fingerprint density at radius 3 is 1.77 bits per heavy atom. The summed E-state index contributed by atoms with van der Waals surface area (Å²) in [5, 5.41) is 9.79. The summed E-state index contributed by atoms with van der Waals surface area (Å²) in [4.78, 5) is 2.39. The molecule has 0 fully saturated rings. The third-order valence-electron chi connectivity index (χ3n) is 14.7. The summed E-state index contributed by atoms with van der Waals surface area (Å²) in [7, 11) is 0. The van der Waals surface area contributed by atoms with Crippen LogP contribution >= 0.6 is 0 Å². The number of fused-ring (bicyclic) bond motifs is 9. The van der Waals surface area contributed by atoms with Crippen LogP contribution in [0.1, 0.15) is 24.0 Å². The van der Waals surface area contributed by atoms with E-state index in [4.69, 9.17) is 4.42 Å². The van der Waals surface area contributed by atoms with Gasteiger partial charge >= 0.3 is 0 Å². The zero-order valence-electron chi connectivity index (χ0n) is 39.0. The zero-order chi connectivity index (χ0) is 46.8. The number of aromatic nitrogens is 1. The van der Waals surface area contributed by atoms with Gasteiger partial charge in [-0.2, -0.15) is 0 Å². The molecule has 0 unspecified atom stereocenters. The molecule has 1 aliphatic rings. The molecule has 13 aromatic rings. The minimum Gasteiger partial charge on any atom is -0.455 e. The topological polar surface area (TPSA) is 21.3 Å². The summed E-state index contributed by atoms with van der Waals surface area (Å²) < 4.78 is 8.97. The fraction of sp³-hybridized carbons (Fsp3) is 0.0294. The van der Waals surface area contributed by atoms with Crippen molar-refractivity contribution in [3.05, 3.63) is 266 Å². The molecule has 11 aromatic carbocycles. The first-order valence-electron chi connectivity index (χ1n) is 24.6. The van der Waals surface area contributed by atoms with Crippen LogP contribution in [0.5, 0.6) is 0 Å². The third kappa shape index (κ3) is 6.89. The predicted octanol–water partition coefficient (Wildman–Crippen LogP) is 19.1. The molecular formula is C68H46N2O. The van der Waals surface area contributed by atoms with Crippen molar-refractivity contribution in [3.8, 4) is 27.9 Å². The number of rotatable bonds is 8. The first-order valence-corrected chi connectivity index (χ1v) is 24.6. The van der Waals surface area contributed by atoms with Gasteiger partial charge in [-0.25, -0.2) is 0 Å². The van der Waals surface area contributed by atoms with Crippen molar-refractivity contribution < 1.29 is 4.42 Å². The van der Waals surface area contributed by atoms with Crippen LogP contribution in [0.3, 0.4) is 0 Å². The average molecular weight is 907 g/mol. The van der Waals surface area contributed by atoms with Crippen molar-refractivity contribution in [3.63, 3.8) is 0 Å². The van der Waals surface area contributed by atoms with Crippen molar-refractivity contribution in [1.82, 2.24) is 4.57 Å². The van der Waals surface area contributed by atoms with Gasteiger partial charge in [0.05, 0.1) is 16.7 Å². The highest BCUT2D eigenvalue weighted by atomic mass is 16.3. The van der Waals surface area contributed by atoms with E-state index in [1.807, 2.05) is 6.07 Å². The van der Waals surface area contributed by atoms with E-state index in [0.29, 0.717) is 0 Å². The maximum atomic E-state index is 6.55. The van der Waals surface area contributed by atoms with E-state index in [2.05, 4.69) is 258 Å². The van der Waals surface area contributed by atoms with Gasteiger partial charge in [0.1, 0.15) is 11.2 Å². The van der Waals surface area contributed by atoms with Gasteiger partial charge in [0.2, 0.25) is 0 Å². The molecular weight excluding hydrogens is 861 g/mol. The van der Waals surface area contributed by atoms with E-state index in [-0.39, 0.29) is 0 Å².